The minimum absolute atomic E-state index is 0.0172. The summed E-state index contributed by atoms with van der Waals surface area (Å²) in [5.74, 6) is -3.28. The number of esters is 2. The van der Waals surface area contributed by atoms with Gasteiger partial charge in [0.15, 0.2) is 5.92 Å². The summed E-state index contributed by atoms with van der Waals surface area (Å²) in [5.41, 5.74) is 7.48. The monoisotopic (exact) mass is 400 g/mol. The number of nitriles is 1. The first-order valence-electron chi connectivity index (χ1n) is 9.95. The van der Waals surface area contributed by atoms with Gasteiger partial charge in [-0.3, -0.25) is 4.79 Å². The van der Waals surface area contributed by atoms with Crippen LogP contribution in [0.25, 0.3) is 0 Å². The maximum atomic E-state index is 12.8. The number of unbranched alkanes of at least 4 members (excludes halogenated alkanes) is 2. The van der Waals surface area contributed by atoms with Gasteiger partial charge in [-0.05, 0) is 31.4 Å². The van der Waals surface area contributed by atoms with Crippen molar-refractivity contribution in [3.8, 4) is 11.8 Å². The van der Waals surface area contributed by atoms with Crippen LogP contribution in [0.15, 0.2) is 29.7 Å². The average molecular weight is 400 g/mol. The van der Waals surface area contributed by atoms with E-state index in [1.165, 1.54) is 0 Å². The number of hydrogen-bond donors (Lipinski definition) is 1. The Labute approximate surface area is 171 Å². The molecule has 0 radical (unpaired) electrons. The number of hydrogen-bond acceptors (Lipinski definition) is 7. The van der Waals surface area contributed by atoms with Crippen LogP contribution in [0.3, 0.4) is 0 Å². The third-order valence-corrected chi connectivity index (χ3v) is 4.72. The van der Waals surface area contributed by atoms with Crippen molar-refractivity contribution in [2.75, 3.05) is 13.2 Å². The second-order valence-electron chi connectivity index (χ2n) is 7.02. The van der Waals surface area contributed by atoms with Gasteiger partial charge in [0, 0.05) is 5.56 Å². The molecule has 29 heavy (non-hydrogen) atoms. The molecular formula is C22H28N2O5. The molecular weight excluding hydrogens is 372 g/mol. The van der Waals surface area contributed by atoms with E-state index < -0.39 is 23.8 Å². The topological polar surface area (TPSA) is 112 Å². The Bertz CT molecular complexity index is 825. The van der Waals surface area contributed by atoms with E-state index in [0.717, 1.165) is 18.4 Å². The van der Waals surface area contributed by atoms with Crippen LogP contribution in [0.2, 0.25) is 0 Å². The van der Waals surface area contributed by atoms with Gasteiger partial charge in [0.05, 0.1) is 25.2 Å². The van der Waals surface area contributed by atoms with Gasteiger partial charge in [0.2, 0.25) is 5.88 Å². The zero-order valence-corrected chi connectivity index (χ0v) is 17.2. The highest BCUT2D eigenvalue weighted by Crippen LogP contribution is 2.43. The minimum atomic E-state index is -1.25. The van der Waals surface area contributed by atoms with E-state index in [0.29, 0.717) is 24.2 Å². The highest BCUT2D eigenvalue weighted by Gasteiger charge is 2.43. The normalized spacial score (nSPS) is 16.3. The first-order valence-corrected chi connectivity index (χ1v) is 9.95. The van der Waals surface area contributed by atoms with Crippen LogP contribution >= 0.6 is 0 Å². The van der Waals surface area contributed by atoms with Gasteiger partial charge >= 0.3 is 11.9 Å². The van der Waals surface area contributed by atoms with Crippen LogP contribution < -0.4 is 10.5 Å². The molecule has 7 nitrogen and oxygen atoms in total. The van der Waals surface area contributed by atoms with Crippen molar-refractivity contribution >= 4 is 11.9 Å². The standard InChI is InChI=1S/C22H28N2O5/c1-4-6-10-27-21(25)16(13-23)18-15-9-8-14(3)12-17(15)29-20(24)19(18)22(26)28-11-7-5-2/h8-9,12,16,18H,4-7,10-11,24H2,1-3H3. The van der Waals surface area contributed by atoms with Gasteiger partial charge in [-0.25, -0.2) is 4.79 Å². The molecule has 1 aliphatic rings. The van der Waals surface area contributed by atoms with E-state index >= 15 is 0 Å². The molecule has 0 fully saturated rings. The lowest BCUT2D eigenvalue weighted by Crippen LogP contribution is -2.34. The summed E-state index contributed by atoms with van der Waals surface area (Å²) in [6.07, 6.45) is 3.10. The molecule has 1 heterocycles. The Morgan fingerprint density at radius 2 is 1.86 bits per heavy atom. The van der Waals surface area contributed by atoms with Gasteiger partial charge in [-0.15, -0.1) is 0 Å². The van der Waals surface area contributed by atoms with Crippen molar-refractivity contribution < 1.29 is 23.8 Å². The number of rotatable bonds is 9. The van der Waals surface area contributed by atoms with Crippen LogP contribution in [-0.4, -0.2) is 25.2 Å². The smallest absolute Gasteiger partial charge is 0.340 e. The third kappa shape index (κ3) is 5.29. The fourth-order valence-electron chi connectivity index (χ4n) is 3.10. The molecule has 0 spiro atoms. The van der Waals surface area contributed by atoms with Gasteiger partial charge < -0.3 is 19.9 Å². The van der Waals surface area contributed by atoms with Crippen molar-refractivity contribution in [2.24, 2.45) is 11.7 Å². The van der Waals surface area contributed by atoms with Crippen LogP contribution in [0.5, 0.6) is 5.75 Å². The third-order valence-electron chi connectivity index (χ3n) is 4.72. The lowest BCUT2D eigenvalue weighted by molar-refractivity contribution is -0.147. The molecule has 0 aliphatic carbocycles. The Hall–Kier alpha value is -3.01. The molecule has 2 atom stereocenters. The Morgan fingerprint density at radius 3 is 2.48 bits per heavy atom. The molecule has 0 aromatic heterocycles. The Kier molecular flexibility index (Phi) is 8.08. The summed E-state index contributed by atoms with van der Waals surface area (Å²) in [7, 11) is 0. The predicted octanol–water partition coefficient (Wildman–Crippen LogP) is 3.47. The molecule has 2 rings (SSSR count). The van der Waals surface area contributed by atoms with E-state index in [9.17, 15) is 14.9 Å². The number of aryl methyl sites for hydroxylation is 1. The number of benzene rings is 1. The van der Waals surface area contributed by atoms with Crippen molar-refractivity contribution in [2.45, 2.75) is 52.4 Å². The summed E-state index contributed by atoms with van der Waals surface area (Å²) in [6.45, 7) is 6.27. The fourth-order valence-corrected chi connectivity index (χ4v) is 3.10. The molecule has 2 unspecified atom stereocenters. The molecule has 2 N–H and O–H groups in total. The van der Waals surface area contributed by atoms with Crippen molar-refractivity contribution in [3.05, 3.63) is 40.8 Å². The Balaban J connectivity index is 2.44. The largest absolute Gasteiger partial charge is 0.465 e. The highest BCUT2D eigenvalue weighted by molar-refractivity contribution is 5.93. The molecule has 1 aromatic carbocycles. The summed E-state index contributed by atoms with van der Waals surface area (Å²) in [5, 5.41) is 9.78. The molecule has 0 bridgehead atoms. The lowest BCUT2D eigenvalue weighted by atomic mass is 9.79. The predicted molar refractivity (Wildman–Crippen MR) is 107 cm³/mol. The van der Waals surface area contributed by atoms with Crippen LogP contribution in [-0.2, 0) is 19.1 Å². The number of fused-ring (bicyclic) bond motifs is 1. The summed E-state index contributed by atoms with van der Waals surface area (Å²) in [4.78, 5) is 25.4. The second-order valence-corrected chi connectivity index (χ2v) is 7.02. The van der Waals surface area contributed by atoms with Crippen molar-refractivity contribution in [3.63, 3.8) is 0 Å². The summed E-state index contributed by atoms with van der Waals surface area (Å²) < 4.78 is 16.2. The van der Waals surface area contributed by atoms with E-state index in [2.05, 4.69) is 0 Å². The maximum Gasteiger partial charge on any atom is 0.340 e. The van der Waals surface area contributed by atoms with Gasteiger partial charge in [0.1, 0.15) is 11.3 Å². The summed E-state index contributed by atoms with van der Waals surface area (Å²) in [6, 6.07) is 7.32. The lowest BCUT2D eigenvalue weighted by Gasteiger charge is -2.30. The molecule has 1 aromatic rings. The summed E-state index contributed by atoms with van der Waals surface area (Å²) >= 11 is 0. The van der Waals surface area contributed by atoms with E-state index in [4.69, 9.17) is 19.9 Å². The number of carbonyl (C=O) groups excluding carboxylic acids is 2. The zero-order chi connectivity index (χ0) is 21.4. The van der Waals surface area contributed by atoms with Crippen LogP contribution in [0.1, 0.15) is 56.6 Å². The molecule has 7 heteroatoms. The average Bonchev–Trinajstić information content (AvgIpc) is 2.68. The van der Waals surface area contributed by atoms with Gasteiger partial charge in [-0.2, -0.15) is 5.26 Å². The number of nitrogens with zero attached hydrogens (tertiary/aromatic N) is 1. The van der Waals surface area contributed by atoms with Crippen LogP contribution in [0.4, 0.5) is 0 Å². The molecule has 0 amide bonds. The fraction of sp³-hybridized carbons (Fsp3) is 0.500. The highest BCUT2D eigenvalue weighted by atomic mass is 16.5. The Morgan fingerprint density at radius 1 is 1.21 bits per heavy atom. The SMILES string of the molecule is CCCCOC(=O)C1=C(N)Oc2cc(C)ccc2C1C(C#N)C(=O)OCCCC. The van der Waals surface area contributed by atoms with Gasteiger partial charge in [-0.1, -0.05) is 38.8 Å². The first-order chi connectivity index (χ1) is 13.9. The number of nitrogens with two attached hydrogens (primary N) is 1. The van der Waals surface area contributed by atoms with Crippen molar-refractivity contribution in [1.29, 1.82) is 5.26 Å². The first kappa shape index (κ1) is 22.3. The molecule has 1 aliphatic heterocycles. The van der Waals surface area contributed by atoms with Gasteiger partial charge in [0.25, 0.3) is 0 Å². The number of ether oxygens (including phenoxy) is 3. The molecule has 0 saturated carbocycles. The van der Waals surface area contributed by atoms with E-state index in [1.807, 2.05) is 32.9 Å². The van der Waals surface area contributed by atoms with E-state index in [-0.39, 0.29) is 24.7 Å². The quantitative estimate of drug-likeness (QED) is 0.499. The minimum Gasteiger partial charge on any atom is -0.465 e. The second kappa shape index (κ2) is 10.5. The van der Waals surface area contributed by atoms with Crippen LogP contribution in [0, 0.1) is 24.2 Å². The molecule has 156 valence electrons. The number of carbonyl (C=O) groups is 2. The van der Waals surface area contributed by atoms with Crippen molar-refractivity contribution in [1.82, 2.24) is 0 Å². The zero-order valence-electron chi connectivity index (χ0n) is 17.2. The molecule has 0 saturated heterocycles. The maximum absolute atomic E-state index is 12.8. The van der Waals surface area contributed by atoms with E-state index in [1.54, 1.807) is 12.1 Å².